The van der Waals surface area contributed by atoms with Gasteiger partial charge in [-0.1, -0.05) is 30.3 Å². The second kappa shape index (κ2) is 9.44. The molecule has 0 amide bonds. The lowest BCUT2D eigenvalue weighted by molar-refractivity contribution is 0.0734. The van der Waals surface area contributed by atoms with Crippen LogP contribution in [0, 0.1) is 17.6 Å². The molecule has 0 radical (unpaired) electrons. The van der Waals surface area contributed by atoms with Gasteiger partial charge in [-0.2, -0.15) is 0 Å². The van der Waals surface area contributed by atoms with Gasteiger partial charge in [-0.05, 0) is 97.0 Å². The highest BCUT2D eigenvalue weighted by Gasteiger charge is 2.30. The first-order chi connectivity index (χ1) is 16.0. The lowest BCUT2D eigenvalue weighted by atomic mass is 9.77. The van der Waals surface area contributed by atoms with Crippen molar-refractivity contribution in [3.05, 3.63) is 89.5 Å². The van der Waals surface area contributed by atoms with Gasteiger partial charge in [0.25, 0.3) is 0 Å². The third-order valence-corrected chi connectivity index (χ3v) is 6.78. The van der Waals surface area contributed by atoms with E-state index in [-0.39, 0.29) is 0 Å². The van der Waals surface area contributed by atoms with Crippen molar-refractivity contribution in [2.45, 2.75) is 44.1 Å². The Morgan fingerprint density at radius 2 is 1.52 bits per heavy atom. The Morgan fingerprint density at radius 3 is 2.15 bits per heavy atom. The van der Waals surface area contributed by atoms with E-state index >= 15 is 0 Å². The number of rotatable bonds is 6. The fourth-order valence-electron chi connectivity index (χ4n) is 4.76. The predicted octanol–water partition coefficient (Wildman–Crippen LogP) is 6.91. The fraction of sp³-hybridized carbons (Fsp3) is 0.321. The maximum absolute atomic E-state index is 13.5. The van der Waals surface area contributed by atoms with Crippen molar-refractivity contribution in [3.8, 4) is 16.9 Å². The molecule has 5 rings (SSSR count). The molecule has 5 heteroatoms. The predicted molar refractivity (Wildman–Crippen MR) is 122 cm³/mol. The van der Waals surface area contributed by atoms with Gasteiger partial charge in [0, 0.05) is 0 Å². The van der Waals surface area contributed by atoms with Crippen LogP contribution in [0.2, 0.25) is 0 Å². The summed E-state index contributed by atoms with van der Waals surface area (Å²) in [5.74, 6) is -0.463. The minimum absolute atomic E-state index is 0.397. The minimum Gasteiger partial charge on any atom is -0.423 e. The zero-order valence-corrected chi connectivity index (χ0v) is 18.3. The van der Waals surface area contributed by atoms with Gasteiger partial charge < -0.3 is 9.47 Å². The van der Waals surface area contributed by atoms with Gasteiger partial charge in [0.15, 0.2) is 11.6 Å². The van der Waals surface area contributed by atoms with Crippen molar-refractivity contribution in [1.29, 1.82) is 0 Å². The number of epoxide rings is 1. The van der Waals surface area contributed by atoms with Crippen LogP contribution < -0.4 is 4.74 Å². The molecule has 2 fully saturated rings. The maximum atomic E-state index is 13.5. The molecule has 3 aromatic carbocycles. The van der Waals surface area contributed by atoms with Crippen molar-refractivity contribution in [1.82, 2.24) is 0 Å². The van der Waals surface area contributed by atoms with Gasteiger partial charge in [-0.3, -0.25) is 0 Å². The van der Waals surface area contributed by atoms with Crippen LogP contribution in [0.5, 0.6) is 5.75 Å². The first-order valence-corrected chi connectivity index (χ1v) is 11.5. The molecule has 33 heavy (non-hydrogen) atoms. The van der Waals surface area contributed by atoms with Gasteiger partial charge in [0.1, 0.15) is 5.75 Å². The molecule has 1 heterocycles. The fourth-order valence-corrected chi connectivity index (χ4v) is 4.76. The first kappa shape index (κ1) is 21.8. The standard InChI is InChI=1S/C28H26F2O3/c29-26-14-11-23(16-27(26)30)21-9-12-24(13-10-21)33-28(31)22-7-5-20(6-8-22)19-3-1-18(2-4-19)15-25-17-32-25/h5-14,16,18-19,25H,1-4,15,17H2. The Kier molecular flexibility index (Phi) is 6.23. The Morgan fingerprint density at radius 1 is 0.848 bits per heavy atom. The molecular formula is C28H26F2O3. The number of hydrogen-bond acceptors (Lipinski definition) is 3. The number of carbonyl (C=O) groups excluding carboxylic acids is 1. The number of esters is 1. The van der Waals surface area contributed by atoms with E-state index in [1.165, 1.54) is 43.7 Å². The number of carbonyl (C=O) groups is 1. The molecule has 3 aromatic rings. The summed E-state index contributed by atoms with van der Waals surface area (Å²) in [6.45, 7) is 0.940. The van der Waals surface area contributed by atoms with Crippen molar-refractivity contribution < 1.29 is 23.0 Å². The minimum atomic E-state index is -0.896. The molecule has 3 nitrogen and oxygen atoms in total. The molecule has 0 spiro atoms. The normalized spacial score (nSPS) is 22.1. The molecule has 1 aliphatic carbocycles. The van der Waals surface area contributed by atoms with Crippen LogP contribution in [-0.2, 0) is 4.74 Å². The van der Waals surface area contributed by atoms with E-state index in [1.807, 2.05) is 24.3 Å². The van der Waals surface area contributed by atoms with Crippen molar-refractivity contribution in [2.24, 2.45) is 5.92 Å². The number of benzene rings is 3. The molecule has 1 saturated carbocycles. The second-order valence-electron chi connectivity index (χ2n) is 9.07. The quantitative estimate of drug-likeness (QED) is 0.234. The molecule has 170 valence electrons. The molecule has 2 aliphatic rings. The molecule has 1 unspecified atom stereocenters. The highest BCUT2D eigenvalue weighted by molar-refractivity contribution is 5.91. The largest absolute Gasteiger partial charge is 0.423 e. The van der Waals surface area contributed by atoms with E-state index in [4.69, 9.17) is 9.47 Å². The SMILES string of the molecule is O=C(Oc1ccc(-c2ccc(F)c(F)c2)cc1)c1ccc(C2CCC(CC3CO3)CC2)cc1. The average molecular weight is 449 g/mol. The van der Waals surface area contributed by atoms with Gasteiger partial charge in [-0.25, -0.2) is 13.6 Å². The maximum Gasteiger partial charge on any atom is 0.343 e. The van der Waals surface area contributed by atoms with Crippen LogP contribution >= 0.6 is 0 Å². The summed E-state index contributed by atoms with van der Waals surface area (Å²) in [4.78, 5) is 12.6. The van der Waals surface area contributed by atoms with Gasteiger partial charge in [0.2, 0.25) is 0 Å². The van der Waals surface area contributed by atoms with E-state index in [0.29, 0.717) is 34.5 Å². The lowest BCUT2D eigenvalue weighted by Crippen LogP contribution is -2.15. The summed E-state index contributed by atoms with van der Waals surface area (Å²) in [6.07, 6.45) is 6.58. The highest BCUT2D eigenvalue weighted by atomic mass is 19.2. The van der Waals surface area contributed by atoms with Crippen LogP contribution in [-0.4, -0.2) is 18.7 Å². The van der Waals surface area contributed by atoms with Crippen LogP contribution in [0.3, 0.4) is 0 Å². The molecule has 1 aliphatic heterocycles. The summed E-state index contributed by atoms with van der Waals surface area (Å²) in [5.41, 5.74) is 3.04. The van der Waals surface area contributed by atoms with Crippen LogP contribution in [0.1, 0.15) is 53.9 Å². The average Bonchev–Trinajstić information content (AvgIpc) is 3.66. The Balaban J connectivity index is 1.17. The van der Waals surface area contributed by atoms with Crippen molar-refractivity contribution >= 4 is 5.97 Å². The molecule has 0 aromatic heterocycles. The zero-order valence-electron chi connectivity index (χ0n) is 18.3. The summed E-state index contributed by atoms with van der Waals surface area (Å²) in [6, 6.07) is 18.2. The number of hydrogen-bond donors (Lipinski definition) is 0. The van der Waals surface area contributed by atoms with E-state index in [2.05, 4.69) is 0 Å². The van der Waals surface area contributed by atoms with Crippen molar-refractivity contribution in [3.63, 3.8) is 0 Å². The van der Waals surface area contributed by atoms with Gasteiger partial charge in [0.05, 0.1) is 18.3 Å². The summed E-state index contributed by atoms with van der Waals surface area (Å²) < 4.78 is 37.5. The number of halogens is 2. The van der Waals surface area contributed by atoms with Gasteiger partial charge in [-0.15, -0.1) is 0 Å². The molecule has 0 N–H and O–H groups in total. The van der Waals surface area contributed by atoms with E-state index in [1.54, 1.807) is 24.3 Å². The van der Waals surface area contributed by atoms with E-state index < -0.39 is 17.6 Å². The Labute approximate surface area is 192 Å². The monoisotopic (exact) mass is 448 g/mol. The molecule has 0 bridgehead atoms. The van der Waals surface area contributed by atoms with E-state index in [9.17, 15) is 13.6 Å². The highest BCUT2D eigenvalue weighted by Crippen LogP contribution is 2.39. The summed E-state index contributed by atoms with van der Waals surface area (Å²) in [7, 11) is 0. The smallest absolute Gasteiger partial charge is 0.343 e. The topological polar surface area (TPSA) is 38.8 Å². The molecule has 1 saturated heterocycles. The molecule has 1 atom stereocenters. The second-order valence-corrected chi connectivity index (χ2v) is 9.07. The summed E-state index contributed by atoms with van der Waals surface area (Å²) >= 11 is 0. The lowest BCUT2D eigenvalue weighted by Gasteiger charge is -2.28. The zero-order chi connectivity index (χ0) is 22.8. The van der Waals surface area contributed by atoms with E-state index in [0.717, 1.165) is 24.7 Å². The number of ether oxygens (including phenoxy) is 2. The Bertz CT molecular complexity index is 1110. The first-order valence-electron chi connectivity index (χ1n) is 11.5. The van der Waals surface area contributed by atoms with Crippen molar-refractivity contribution in [2.75, 3.05) is 6.61 Å². The van der Waals surface area contributed by atoms with Gasteiger partial charge >= 0.3 is 5.97 Å². The summed E-state index contributed by atoms with van der Waals surface area (Å²) in [5, 5.41) is 0. The van der Waals surface area contributed by atoms with Crippen LogP contribution in [0.15, 0.2) is 66.7 Å². The van der Waals surface area contributed by atoms with Crippen LogP contribution in [0.25, 0.3) is 11.1 Å². The third-order valence-electron chi connectivity index (χ3n) is 6.78. The Hall–Kier alpha value is -3.05. The third kappa shape index (κ3) is 5.31. The van der Waals surface area contributed by atoms with Crippen LogP contribution in [0.4, 0.5) is 8.78 Å². The molecular weight excluding hydrogens is 422 g/mol.